The molecule has 1 aromatic carbocycles. The number of anilines is 1. The molecule has 1 saturated carbocycles. The van der Waals surface area contributed by atoms with E-state index in [1.165, 1.54) is 38.8 Å². The van der Waals surface area contributed by atoms with Crippen LogP contribution in [-0.2, 0) is 4.79 Å². The fourth-order valence-electron chi connectivity index (χ4n) is 5.34. The lowest BCUT2D eigenvalue weighted by atomic mass is 9.93. The predicted molar refractivity (Wildman–Crippen MR) is 130 cm³/mol. The SMILES string of the molecule is CC1C(=O)N(CCCCN2CCC3(CC2)CC3)CCN1C(=O)Nc1ccc2ncccc2c1. The number of nitrogens with zero attached hydrogens (tertiary/aromatic N) is 4. The smallest absolute Gasteiger partial charge is 0.322 e. The highest BCUT2D eigenvalue weighted by molar-refractivity contribution is 5.96. The van der Waals surface area contributed by atoms with E-state index >= 15 is 0 Å². The molecule has 1 N–H and O–H groups in total. The number of rotatable bonds is 6. The molecule has 0 radical (unpaired) electrons. The number of nitrogens with one attached hydrogen (secondary N) is 1. The van der Waals surface area contributed by atoms with Crippen LogP contribution in [0.1, 0.15) is 45.4 Å². The Balaban J connectivity index is 1.07. The van der Waals surface area contributed by atoms with Crippen molar-refractivity contribution >= 4 is 28.5 Å². The van der Waals surface area contributed by atoms with Crippen LogP contribution >= 0.6 is 0 Å². The molecule has 1 unspecified atom stereocenters. The number of aromatic nitrogens is 1. The Morgan fingerprint density at radius 1 is 1.06 bits per heavy atom. The van der Waals surface area contributed by atoms with E-state index in [2.05, 4.69) is 15.2 Å². The number of carbonyl (C=O) groups excluding carboxylic acids is 2. The maximum absolute atomic E-state index is 12.9. The summed E-state index contributed by atoms with van der Waals surface area (Å²) >= 11 is 0. The number of piperidine rings is 1. The molecule has 1 aliphatic carbocycles. The monoisotopic (exact) mass is 449 g/mol. The van der Waals surface area contributed by atoms with Gasteiger partial charge in [-0.1, -0.05) is 6.07 Å². The van der Waals surface area contributed by atoms with Crippen molar-refractivity contribution < 1.29 is 9.59 Å². The molecule has 33 heavy (non-hydrogen) atoms. The molecule has 1 atom stereocenters. The molecule has 3 amide bonds. The summed E-state index contributed by atoms with van der Waals surface area (Å²) in [5.41, 5.74) is 2.34. The van der Waals surface area contributed by atoms with Crippen molar-refractivity contribution in [2.45, 2.75) is 51.5 Å². The van der Waals surface area contributed by atoms with Crippen LogP contribution < -0.4 is 5.32 Å². The van der Waals surface area contributed by atoms with Crippen LogP contribution in [0.25, 0.3) is 10.9 Å². The summed E-state index contributed by atoms with van der Waals surface area (Å²) in [5.74, 6) is 0.0489. The second-order valence-electron chi connectivity index (χ2n) is 10.1. The van der Waals surface area contributed by atoms with Crippen molar-refractivity contribution in [1.29, 1.82) is 0 Å². The van der Waals surface area contributed by atoms with Gasteiger partial charge in [-0.05, 0) is 94.8 Å². The van der Waals surface area contributed by atoms with Gasteiger partial charge in [0, 0.05) is 36.9 Å². The van der Waals surface area contributed by atoms with E-state index in [0.29, 0.717) is 18.8 Å². The van der Waals surface area contributed by atoms with Crippen molar-refractivity contribution in [1.82, 2.24) is 19.7 Å². The predicted octanol–water partition coefficient (Wildman–Crippen LogP) is 3.96. The van der Waals surface area contributed by atoms with Crippen LogP contribution in [0.15, 0.2) is 36.5 Å². The Hall–Kier alpha value is -2.67. The molecule has 7 heteroatoms. The van der Waals surface area contributed by atoms with Crippen molar-refractivity contribution in [3.63, 3.8) is 0 Å². The normalized spacial score (nSPS) is 22.7. The average molecular weight is 450 g/mol. The van der Waals surface area contributed by atoms with Gasteiger partial charge >= 0.3 is 6.03 Å². The molecule has 5 rings (SSSR count). The fraction of sp³-hybridized carbons (Fsp3) is 0.577. The molecule has 3 heterocycles. The molecule has 3 fully saturated rings. The lowest BCUT2D eigenvalue weighted by Crippen LogP contribution is -2.58. The van der Waals surface area contributed by atoms with E-state index < -0.39 is 6.04 Å². The first-order valence-electron chi connectivity index (χ1n) is 12.5. The number of hydrogen-bond acceptors (Lipinski definition) is 4. The van der Waals surface area contributed by atoms with E-state index in [-0.39, 0.29) is 11.9 Å². The zero-order chi connectivity index (χ0) is 22.8. The zero-order valence-electron chi connectivity index (χ0n) is 19.6. The minimum absolute atomic E-state index is 0.0489. The summed E-state index contributed by atoms with van der Waals surface area (Å²) in [6.07, 6.45) is 9.57. The summed E-state index contributed by atoms with van der Waals surface area (Å²) in [6, 6.07) is 8.83. The van der Waals surface area contributed by atoms with Gasteiger partial charge in [0.1, 0.15) is 6.04 Å². The van der Waals surface area contributed by atoms with Gasteiger partial charge in [-0.15, -0.1) is 0 Å². The largest absolute Gasteiger partial charge is 0.339 e. The molecule has 2 saturated heterocycles. The first kappa shape index (κ1) is 22.1. The number of urea groups is 1. The van der Waals surface area contributed by atoms with Gasteiger partial charge in [0.15, 0.2) is 0 Å². The van der Waals surface area contributed by atoms with Gasteiger partial charge in [-0.25, -0.2) is 4.79 Å². The molecular weight excluding hydrogens is 414 g/mol. The van der Waals surface area contributed by atoms with Crippen LogP contribution in [0, 0.1) is 5.41 Å². The Labute approximate surface area is 196 Å². The van der Waals surface area contributed by atoms with Crippen molar-refractivity contribution in [3.8, 4) is 0 Å². The lowest BCUT2D eigenvalue weighted by Gasteiger charge is -2.39. The van der Waals surface area contributed by atoms with Gasteiger partial charge in [0.25, 0.3) is 0 Å². The van der Waals surface area contributed by atoms with E-state index in [0.717, 1.165) is 42.2 Å². The molecule has 7 nitrogen and oxygen atoms in total. The second kappa shape index (κ2) is 9.29. The highest BCUT2D eigenvalue weighted by Gasteiger charge is 2.44. The highest BCUT2D eigenvalue weighted by Crippen LogP contribution is 2.53. The topological polar surface area (TPSA) is 68.8 Å². The molecule has 2 aliphatic heterocycles. The number of likely N-dealkylation sites (tertiary alicyclic amines) is 1. The van der Waals surface area contributed by atoms with E-state index in [1.807, 2.05) is 42.2 Å². The Morgan fingerprint density at radius 2 is 1.85 bits per heavy atom. The number of piperazine rings is 1. The zero-order valence-corrected chi connectivity index (χ0v) is 19.6. The number of carbonyl (C=O) groups is 2. The molecule has 1 aromatic heterocycles. The average Bonchev–Trinajstić information content (AvgIpc) is 3.59. The summed E-state index contributed by atoms with van der Waals surface area (Å²) in [5, 5.41) is 3.92. The van der Waals surface area contributed by atoms with Crippen molar-refractivity contribution in [3.05, 3.63) is 36.5 Å². The molecule has 3 aliphatic rings. The van der Waals surface area contributed by atoms with Crippen LogP contribution in [0.4, 0.5) is 10.5 Å². The third-order valence-electron chi connectivity index (χ3n) is 7.89. The fourth-order valence-corrected chi connectivity index (χ4v) is 5.34. The Morgan fingerprint density at radius 3 is 2.64 bits per heavy atom. The van der Waals surface area contributed by atoms with E-state index in [9.17, 15) is 9.59 Å². The van der Waals surface area contributed by atoms with Crippen molar-refractivity contribution in [2.75, 3.05) is 44.6 Å². The third kappa shape index (κ3) is 4.98. The number of fused-ring (bicyclic) bond motifs is 1. The highest BCUT2D eigenvalue weighted by atomic mass is 16.2. The van der Waals surface area contributed by atoms with Crippen LogP contribution in [-0.4, -0.2) is 76.9 Å². The van der Waals surface area contributed by atoms with E-state index in [4.69, 9.17) is 0 Å². The molecule has 176 valence electrons. The number of benzene rings is 1. The van der Waals surface area contributed by atoms with Gasteiger partial charge in [0.2, 0.25) is 5.91 Å². The summed E-state index contributed by atoms with van der Waals surface area (Å²) in [6.45, 7) is 7.42. The van der Waals surface area contributed by atoms with Gasteiger partial charge < -0.3 is 20.0 Å². The molecular formula is C26H35N5O2. The number of pyridine rings is 1. The van der Waals surface area contributed by atoms with Crippen LogP contribution in [0.2, 0.25) is 0 Å². The number of unbranched alkanes of at least 4 members (excludes halogenated alkanes) is 1. The second-order valence-corrected chi connectivity index (χ2v) is 10.1. The summed E-state index contributed by atoms with van der Waals surface area (Å²) in [7, 11) is 0. The Bertz CT molecular complexity index is 1010. The number of amides is 3. The molecule has 0 bridgehead atoms. The standard InChI is InChI=1S/C26H35N5O2/c1-20-24(32)30(14-3-2-13-29-15-10-26(8-9-26)11-16-29)17-18-31(20)25(33)28-22-6-7-23-21(19-22)5-4-12-27-23/h4-7,12,19-20H,2-3,8-11,13-18H2,1H3,(H,28,33). The van der Waals surface area contributed by atoms with E-state index in [1.54, 1.807) is 11.1 Å². The third-order valence-corrected chi connectivity index (χ3v) is 7.89. The number of hydrogen-bond donors (Lipinski definition) is 1. The van der Waals surface area contributed by atoms with Gasteiger partial charge in [-0.3, -0.25) is 9.78 Å². The maximum atomic E-state index is 12.9. The quantitative estimate of drug-likeness (QED) is 0.678. The van der Waals surface area contributed by atoms with Gasteiger partial charge in [0.05, 0.1) is 5.52 Å². The minimum atomic E-state index is -0.447. The first-order valence-corrected chi connectivity index (χ1v) is 12.5. The minimum Gasteiger partial charge on any atom is -0.339 e. The maximum Gasteiger partial charge on any atom is 0.322 e. The summed E-state index contributed by atoms with van der Waals surface area (Å²) < 4.78 is 0. The lowest BCUT2D eigenvalue weighted by molar-refractivity contribution is -0.139. The molecule has 2 aromatic rings. The summed E-state index contributed by atoms with van der Waals surface area (Å²) in [4.78, 5) is 36.3. The first-order chi connectivity index (χ1) is 16.0. The molecule has 1 spiro atoms. The Kier molecular flexibility index (Phi) is 6.23. The van der Waals surface area contributed by atoms with Crippen LogP contribution in [0.5, 0.6) is 0 Å². The van der Waals surface area contributed by atoms with Crippen LogP contribution in [0.3, 0.4) is 0 Å². The van der Waals surface area contributed by atoms with Gasteiger partial charge in [-0.2, -0.15) is 0 Å². The van der Waals surface area contributed by atoms with Crippen molar-refractivity contribution in [2.24, 2.45) is 5.41 Å².